The molecule has 1 heterocycles. The summed E-state index contributed by atoms with van der Waals surface area (Å²) >= 11 is 0. The van der Waals surface area contributed by atoms with E-state index >= 15 is 0 Å². The second-order valence-corrected chi connectivity index (χ2v) is 3.87. The molecule has 1 aliphatic heterocycles. The standard InChI is InChI=1S/C9H17N/c1-8-4-2-5-9(8)10-6-3-7-10/h8-9H,2-7H2,1H3/t8-,9-/m0/s1. The van der Waals surface area contributed by atoms with E-state index in [1.165, 1.54) is 38.8 Å². The lowest BCUT2D eigenvalue weighted by molar-refractivity contribution is 0.0970. The lowest BCUT2D eigenvalue weighted by atomic mass is 10.0. The second-order valence-electron chi connectivity index (χ2n) is 3.87. The Morgan fingerprint density at radius 1 is 1.10 bits per heavy atom. The molecule has 2 aliphatic rings. The highest BCUT2D eigenvalue weighted by Crippen LogP contribution is 2.31. The molecule has 0 radical (unpaired) electrons. The lowest BCUT2D eigenvalue weighted by Gasteiger charge is -2.38. The van der Waals surface area contributed by atoms with E-state index in [9.17, 15) is 0 Å². The molecular weight excluding hydrogens is 122 g/mol. The number of hydrogen-bond acceptors (Lipinski definition) is 1. The van der Waals surface area contributed by atoms with E-state index in [2.05, 4.69) is 11.8 Å². The lowest BCUT2D eigenvalue weighted by Crippen LogP contribution is -2.46. The van der Waals surface area contributed by atoms with Gasteiger partial charge in [-0.2, -0.15) is 0 Å². The molecule has 0 amide bonds. The van der Waals surface area contributed by atoms with E-state index < -0.39 is 0 Å². The highest BCUT2D eigenvalue weighted by Gasteiger charge is 2.31. The van der Waals surface area contributed by atoms with Crippen molar-refractivity contribution < 1.29 is 0 Å². The summed E-state index contributed by atoms with van der Waals surface area (Å²) in [6, 6.07) is 0.966. The predicted octanol–water partition coefficient (Wildman–Crippen LogP) is 1.88. The Kier molecular flexibility index (Phi) is 1.69. The third-order valence-electron chi connectivity index (χ3n) is 3.18. The van der Waals surface area contributed by atoms with Crippen molar-refractivity contribution in [2.75, 3.05) is 13.1 Å². The summed E-state index contributed by atoms with van der Waals surface area (Å²) in [7, 11) is 0. The van der Waals surface area contributed by atoms with E-state index in [0.29, 0.717) is 0 Å². The molecule has 10 heavy (non-hydrogen) atoms. The molecule has 0 bridgehead atoms. The average molecular weight is 139 g/mol. The fourth-order valence-corrected chi connectivity index (χ4v) is 2.34. The van der Waals surface area contributed by atoms with Crippen molar-refractivity contribution in [3.05, 3.63) is 0 Å². The van der Waals surface area contributed by atoms with Gasteiger partial charge in [0.1, 0.15) is 0 Å². The van der Waals surface area contributed by atoms with Gasteiger partial charge in [-0.05, 0) is 38.3 Å². The Balaban J connectivity index is 1.90. The van der Waals surface area contributed by atoms with Gasteiger partial charge in [-0.15, -0.1) is 0 Å². The summed E-state index contributed by atoms with van der Waals surface area (Å²) < 4.78 is 0. The molecule has 0 aromatic heterocycles. The molecule has 0 spiro atoms. The summed E-state index contributed by atoms with van der Waals surface area (Å²) in [5.41, 5.74) is 0. The minimum Gasteiger partial charge on any atom is -0.300 e. The molecule has 1 saturated heterocycles. The predicted molar refractivity (Wildman–Crippen MR) is 43.0 cm³/mol. The Morgan fingerprint density at radius 3 is 2.30 bits per heavy atom. The van der Waals surface area contributed by atoms with Gasteiger partial charge in [-0.1, -0.05) is 13.3 Å². The van der Waals surface area contributed by atoms with Crippen LogP contribution in [0.1, 0.15) is 32.6 Å². The van der Waals surface area contributed by atoms with Gasteiger partial charge in [-0.3, -0.25) is 0 Å². The summed E-state index contributed by atoms with van der Waals surface area (Å²) in [4.78, 5) is 2.66. The molecule has 0 aromatic rings. The zero-order valence-electron chi connectivity index (χ0n) is 6.84. The van der Waals surface area contributed by atoms with Crippen molar-refractivity contribution in [3.63, 3.8) is 0 Å². The van der Waals surface area contributed by atoms with Gasteiger partial charge in [0.15, 0.2) is 0 Å². The summed E-state index contributed by atoms with van der Waals surface area (Å²) in [6.07, 6.45) is 5.87. The first-order chi connectivity index (χ1) is 4.88. The molecule has 0 N–H and O–H groups in total. The maximum absolute atomic E-state index is 2.66. The molecule has 0 unspecified atom stereocenters. The largest absolute Gasteiger partial charge is 0.300 e. The first kappa shape index (κ1) is 6.66. The van der Waals surface area contributed by atoms with Gasteiger partial charge < -0.3 is 4.90 Å². The van der Waals surface area contributed by atoms with Gasteiger partial charge in [0, 0.05) is 6.04 Å². The van der Waals surface area contributed by atoms with Crippen LogP contribution in [0, 0.1) is 5.92 Å². The second kappa shape index (κ2) is 2.54. The zero-order chi connectivity index (χ0) is 6.97. The normalized spacial score (nSPS) is 41.7. The maximum Gasteiger partial charge on any atom is 0.0121 e. The van der Waals surface area contributed by atoms with Crippen molar-refractivity contribution in [2.45, 2.75) is 38.6 Å². The van der Waals surface area contributed by atoms with Crippen LogP contribution in [0.25, 0.3) is 0 Å². The molecule has 2 fully saturated rings. The summed E-state index contributed by atoms with van der Waals surface area (Å²) in [5.74, 6) is 0.986. The van der Waals surface area contributed by atoms with E-state index in [4.69, 9.17) is 0 Å². The van der Waals surface area contributed by atoms with Crippen LogP contribution in [0.4, 0.5) is 0 Å². The van der Waals surface area contributed by atoms with Crippen molar-refractivity contribution in [1.82, 2.24) is 4.90 Å². The third-order valence-corrected chi connectivity index (χ3v) is 3.18. The monoisotopic (exact) mass is 139 g/mol. The first-order valence-electron chi connectivity index (χ1n) is 4.62. The summed E-state index contributed by atoms with van der Waals surface area (Å²) in [5, 5.41) is 0. The molecular formula is C9H17N. The topological polar surface area (TPSA) is 3.24 Å². The van der Waals surface area contributed by atoms with Crippen molar-refractivity contribution in [1.29, 1.82) is 0 Å². The number of hydrogen-bond donors (Lipinski definition) is 0. The fourth-order valence-electron chi connectivity index (χ4n) is 2.34. The molecule has 0 aromatic carbocycles. The number of likely N-dealkylation sites (tertiary alicyclic amines) is 1. The van der Waals surface area contributed by atoms with Crippen LogP contribution in [0.5, 0.6) is 0 Å². The van der Waals surface area contributed by atoms with Crippen LogP contribution >= 0.6 is 0 Å². The number of rotatable bonds is 1. The Bertz CT molecular complexity index is 118. The van der Waals surface area contributed by atoms with Gasteiger partial charge >= 0.3 is 0 Å². The molecule has 58 valence electrons. The van der Waals surface area contributed by atoms with Crippen LogP contribution in [0.15, 0.2) is 0 Å². The molecule has 2 rings (SSSR count). The van der Waals surface area contributed by atoms with Gasteiger partial charge in [0.05, 0.1) is 0 Å². The Labute approximate surface area is 63.4 Å². The van der Waals surface area contributed by atoms with Crippen LogP contribution in [-0.4, -0.2) is 24.0 Å². The van der Waals surface area contributed by atoms with E-state index in [1.807, 2.05) is 0 Å². The highest BCUT2D eigenvalue weighted by molar-refractivity contribution is 4.86. The maximum atomic E-state index is 2.66. The molecule has 1 saturated carbocycles. The average Bonchev–Trinajstić information content (AvgIpc) is 2.12. The quantitative estimate of drug-likeness (QED) is 0.536. The highest BCUT2D eigenvalue weighted by atomic mass is 15.2. The Hall–Kier alpha value is -0.0400. The van der Waals surface area contributed by atoms with Crippen LogP contribution in [0.2, 0.25) is 0 Å². The zero-order valence-corrected chi connectivity index (χ0v) is 6.84. The minimum atomic E-state index is 0.966. The molecule has 2 atom stereocenters. The number of nitrogens with zero attached hydrogens (tertiary/aromatic N) is 1. The van der Waals surface area contributed by atoms with E-state index in [1.54, 1.807) is 0 Å². The van der Waals surface area contributed by atoms with Crippen LogP contribution < -0.4 is 0 Å². The smallest absolute Gasteiger partial charge is 0.0121 e. The third kappa shape index (κ3) is 0.968. The van der Waals surface area contributed by atoms with Crippen molar-refractivity contribution in [2.24, 2.45) is 5.92 Å². The van der Waals surface area contributed by atoms with E-state index in [0.717, 1.165) is 12.0 Å². The van der Waals surface area contributed by atoms with Crippen molar-refractivity contribution >= 4 is 0 Å². The SMILES string of the molecule is C[C@H]1CCC[C@@H]1N1CCC1. The van der Waals surface area contributed by atoms with Crippen LogP contribution in [-0.2, 0) is 0 Å². The molecule has 1 heteroatoms. The first-order valence-corrected chi connectivity index (χ1v) is 4.62. The Morgan fingerprint density at radius 2 is 1.90 bits per heavy atom. The van der Waals surface area contributed by atoms with Gasteiger partial charge in [0.2, 0.25) is 0 Å². The minimum absolute atomic E-state index is 0.966. The molecule has 1 aliphatic carbocycles. The molecule has 1 nitrogen and oxygen atoms in total. The van der Waals surface area contributed by atoms with Gasteiger partial charge in [-0.25, -0.2) is 0 Å². The fraction of sp³-hybridized carbons (Fsp3) is 1.00. The summed E-state index contributed by atoms with van der Waals surface area (Å²) in [6.45, 7) is 5.18. The van der Waals surface area contributed by atoms with E-state index in [-0.39, 0.29) is 0 Å². The van der Waals surface area contributed by atoms with Crippen LogP contribution in [0.3, 0.4) is 0 Å². The van der Waals surface area contributed by atoms with Crippen molar-refractivity contribution in [3.8, 4) is 0 Å². The van der Waals surface area contributed by atoms with Gasteiger partial charge in [0.25, 0.3) is 0 Å².